The van der Waals surface area contributed by atoms with Crippen LogP contribution in [0.4, 0.5) is 10.2 Å². The second kappa shape index (κ2) is 5.68. The number of rotatable bonds is 3. The average molecular weight is 318 g/mol. The third-order valence-electron chi connectivity index (χ3n) is 2.50. The quantitative estimate of drug-likeness (QED) is 0.883. The minimum Gasteiger partial charge on any atom is -0.461 e. The first-order valence-electron chi connectivity index (χ1n) is 5.60. The zero-order valence-electron chi connectivity index (χ0n) is 10.4. The van der Waals surface area contributed by atoms with Gasteiger partial charge in [-0.25, -0.2) is 14.2 Å². The number of carbonyl (C=O) groups excluding carboxylic acids is 1. The van der Waals surface area contributed by atoms with Gasteiger partial charge in [0.2, 0.25) is 0 Å². The predicted octanol–water partition coefficient (Wildman–Crippen LogP) is 3.08. The first-order chi connectivity index (χ1) is 9.45. The van der Waals surface area contributed by atoms with Crippen molar-refractivity contribution in [2.75, 3.05) is 12.3 Å². The second-order valence-electron chi connectivity index (χ2n) is 3.79. The molecule has 1 heterocycles. The molecule has 0 radical (unpaired) electrons. The maximum absolute atomic E-state index is 13.2. The van der Waals surface area contributed by atoms with Crippen molar-refractivity contribution >= 4 is 35.0 Å². The normalized spacial score (nSPS) is 10.6. The maximum atomic E-state index is 13.2. The van der Waals surface area contributed by atoms with Crippen LogP contribution in [0.25, 0.3) is 5.69 Å². The van der Waals surface area contributed by atoms with Crippen molar-refractivity contribution in [1.29, 1.82) is 0 Å². The van der Waals surface area contributed by atoms with Crippen molar-refractivity contribution in [1.82, 2.24) is 9.55 Å². The number of aromatic nitrogens is 2. The van der Waals surface area contributed by atoms with E-state index in [0.717, 1.165) is 12.1 Å². The third-order valence-corrected chi connectivity index (χ3v) is 3.07. The van der Waals surface area contributed by atoms with Crippen molar-refractivity contribution in [2.24, 2.45) is 0 Å². The van der Waals surface area contributed by atoms with Crippen molar-refractivity contribution in [3.05, 3.63) is 40.0 Å². The fraction of sp³-hybridized carbons (Fsp3) is 0.167. The van der Waals surface area contributed by atoms with E-state index in [9.17, 15) is 9.18 Å². The molecule has 0 aliphatic carbocycles. The molecule has 2 rings (SSSR count). The van der Waals surface area contributed by atoms with Gasteiger partial charge in [0.15, 0.2) is 5.69 Å². The van der Waals surface area contributed by atoms with Gasteiger partial charge in [-0.2, -0.15) is 0 Å². The molecule has 106 valence electrons. The van der Waals surface area contributed by atoms with E-state index in [1.807, 2.05) is 0 Å². The van der Waals surface area contributed by atoms with E-state index in [0.29, 0.717) is 0 Å². The Morgan fingerprint density at radius 3 is 2.60 bits per heavy atom. The van der Waals surface area contributed by atoms with E-state index < -0.39 is 11.8 Å². The van der Waals surface area contributed by atoms with Gasteiger partial charge in [-0.15, -0.1) is 0 Å². The summed E-state index contributed by atoms with van der Waals surface area (Å²) in [5.74, 6) is -1.22. The Kier molecular flexibility index (Phi) is 4.15. The van der Waals surface area contributed by atoms with Gasteiger partial charge in [-0.1, -0.05) is 23.2 Å². The highest BCUT2D eigenvalue weighted by molar-refractivity contribution is 6.37. The monoisotopic (exact) mass is 317 g/mol. The van der Waals surface area contributed by atoms with Crippen LogP contribution in [-0.4, -0.2) is 22.1 Å². The van der Waals surface area contributed by atoms with Gasteiger partial charge >= 0.3 is 5.97 Å². The van der Waals surface area contributed by atoms with Crippen LogP contribution in [0.5, 0.6) is 0 Å². The lowest BCUT2D eigenvalue weighted by Crippen LogP contribution is -2.09. The number of imidazole rings is 1. The van der Waals surface area contributed by atoms with Crippen molar-refractivity contribution in [3.63, 3.8) is 0 Å². The highest BCUT2D eigenvalue weighted by Crippen LogP contribution is 2.32. The second-order valence-corrected chi connectivity index (χ2v) is 4.60. The number of nitrogens with zero attached hydrogens (tertiary/aromatic N) is 2. The molecule has 20 heavy (non-hydrogen) atoms. The molecule has 8 heteroatoms. The Morgan fingerprint density at radius 1 is 1.45 bits per heavy atom. The lowest BCUT2D eigenvalue weighted by atomic mass is 10.3. The number of carbonyl (C=O) groups is 1. The number of benzene rings is 1. The topological polar surface area (TPSA) is 70.1 Å². The molecule has 2 N–H and O–H groups in total. The lowest BCUT2D eigenvalue weighted by Gasteiger charge is -2.10. The van der Waals surface area contributed by atoms with E-state index in [1.165, 1.54) is 10.9 Å². The van der Waals surface area contributed by atoms with Crippen LogP contribution >= 0.6 is 23.2 Å². The van der Waals surface area contributed by atoms with E-state index >= 15 is 0 Å². The molecule has 0 bridgehead atoms. The van der Waals surface area contributed by atoms with Gasteiger partial charge in [-0.3, -0.25) is 4.57 Å². The number of hydrogen-bond acceptors (Lipinski definition) is 4. The molecule has 1 aromatic heterocycles. The van der Waals surface area contributed by atoms with E-state index in [1.54, 1.807) is 6.92 Å². The molecule has 0 amide bonds. The van der Waals surface area contributed by atoms with Crippen LogP contribution in [0, 0.1) is 5.82 Å². The molecule has 1 aromatic carbocycles. The van der Waals surface area contributed by atoms with Crippen molar-refractivity contribution in [2.45, 2.75) is 6.92 Å². The number of anilines is 1. The number of nitrogens with two attached hydrogens (primary N) is 1. The molecule has 2 aromatic rings. The van der Waals surface area contributed by atoms with Gasteiger partial charge in [-0.05, 0) is 19.1 Å². The van der Waals surface area contributed by atoms with Crippen LogP contribution in [0.15, 0.2) is 18.5 Å². The molecule has 0 aliphatic heterocycles. The van der Waals surface area contributed by atoms with E-state index in [2.05, 4.69) is 4.98 Å². The third kappa shape index (κ3) is 2.57. The Morgan fingerprint density at radius 2 is 2.05 bits per heavy atom. The standard InChI is InChI=1S/C12H10Cl2FN3O2/c1-2-20-12(19)9-11(16)18(5-17-9)10-7(13)3-6(15)4-8(10)14/h3-5H,2,16H2,1H3. The smallest absolute Gasteiger partial charge is 0.360 e. The summed E-state index contributed by atoms with van der Waals surface area (Å²) in [5, 5.41) is 0.101. The Hall–Kier alpha value is -1.79. The van der Waals surface area contributed by atoms with Gasteiger partial charge in [0.1, 0.15) is 18.0 Å². The molecule has 0 aliphatic rings. The summed E-state index contributed by atoms with van der Waals surface area (Å²) in [4.78, 5) is 15.5. The molecular formula is C12H10Cl2FN3O2. The van der Waals surface area contributed by atoms with Crippen LogP contribution < -0.4 is 5.73 Å². The summed E-state index contributed by atoms with van der Waals surface area (Å²) in [6.45, 7) is 1.86. The first-order valence-corrected chi connectivity index (χ1v) is 6.36. The van der Waals surface area contributed by atoms with Crippen molar-refractivity contribution in [3.8, 4) is 5.69 Å². The Bertz CT molecular complexity index is 650. The largest absolute Gasteiger partial charge is 0.461 e. The van der Waals surface area contributed by atoms with Gasteiger partial charge in [0.05, 0.1) is 22.3 Å². The number of esters is 1. The van der Waals surface area contributed by atoms with Gasteiger partial charge in [0.25, 0.3) is 0 Å². The average Bonchev–Trinajstić information content (AvgIpc) is 2.71. The summed E-state index contributed by atoms with van der Waals surface area (Å²) in [7, 11) is 0. The summed E-state index contributed by atoms with van der Waals surface area (Å²) in [5.41, 5.74) is 6.02. The molecule has 0 atom stereocenters. The van der Waals surface area contributed by atoms with Crippen LogP contribution in [-0.2, 0) is 4.74 Å². The maximum Gasteiger partial charge on any atom is 0.360 e. The molecule has 0 saturated heterocycles. The number of hydrogen-bond donors (Lipinski definition) is 1. The van der Waals surface area contributed by atoms with E-state index in [-0.39, 0.29) is 33.9 Å². The van der Waals surface area contributed by atoms with Crippen LogP contribution in [0.3, 0.4) is 0 Å². The molecular weight excluding hydrogens is 308 g/mol. The lowest BCUT2D eigenvalue weighted by molar-refractivity contribution is 0.0521. The minimum atomic E-state index is -0.655. The SMILES string of the molecule is CCOC(=O)c1ncn(-c2c(Cl)cc(F)cc2Cl)c1N. The van der Waals surface area contributed by atoms with Gasteiger partial charge < -0.3 is 10.5 Å². The zero-order valence-corrected chi connectivity index (χ0v) is 11.9. The predicted molar refractivity (Wildman–Crippen MR) is 73.9 cm³/mol. The van der Waals surface area contributed by atoms with Crippen LogP contribution in [0.1, 0.15) is 17.4 Å². The number of ether oxygens (including phenoxy) is 1. The fourth-order valence-electron chi connectivity index (χ4n) is 1.66. The first kappa shape index (κ1) is 14.6. The highest BCUT2D eigenvalue weighted by Gasteiger charge is 2.20. The number of halogens is 3. The Labute approximate surface area is 124 Å². The van der Waals surface area contributed by atoms with Crippen molar-refractivity contribution < 1.29 is 13.9 Å². The summed E-state index contributed by atoms with van der Waals surface area (Å²) in [6, 6.07) is 2.18. The molecule has 0 unspecified atom stereocenters. The molecule has 0 fully saturated rings. The fourth-order valence-corrected chi connectivity index (χ4v) is 2.30. The summed E-state index contributed by atoms with van der Waals surface area (Å²) >= 11 is 11.9. The zero-order chi connectivity index (χ0) is 14.9. The highest BCUT2D eigenvalue weighted by atomic mass is 35.5. The van der Waals surface area contributed by atoms with Gasteiger partial charge in [0, 0.05) is 0 Å². The number of nitrogen functional groups attached to an aromatic ring is 1. The summed E-state index contributed by atoms with van der Waals surface area (Å²) in [6.07, 6.45) is 1.27. The minimum absolute atomic E-state index is 0.0128. The van der Waals surface area contributed by atoms with E-state index in [4.69, 9.17) is 33.7 Å². The molecule has 0 spiro atoms. The molecule has 0 saturated carbocycles. The summed E-state index contributed by atoms with van der Waals surface area (Å²) < 4.78 is 19.3. The van der Waals surface area contributed by atoms with Crippen LogP contribution in [0.2, 0.25) is 10.0 Å². The Balaban J connectivity index is 2.53. The molecule has 5 nitrogen and oxygen atoms in total.